The standard InChI is InChI=1S/C15H24N4O/c1-6-12-13(9-16)15(18-17-14(12)7-2)19(8-3)11(4)10-20-5/h11H,6-8,10H2,1-5H3. The first-order valence-electron chi connectivity index (χ1n) is 7.18. The predicted octanol–water partition coefficient (Wildman–Crippen LogP) is 2.33. The summed E-state index contributed by atoms with van der Waals surface area (Å²) in [6, 6.07) is 2.47. The van der Waals surface area contributed by atoms with E-state index in [1.807, 2.05) is 13.8 Å². The van der Waals surface area contributed by atoms with Crippen molar-refractivity contribution in [2.24, 2.45) is 0 Å². The van der Waals surface area contributed by atoms with Gasteiger partial charge in [0.25, 0.3) is 0 Å². The molecule has 1 unspecified atom stereocenters. The van der Waals surface area contributed by atoms with E-state index >= 15 is 0 Å². The quantitative estimate of drug-likeness (QED) is 0.765. The molecule has 1 atom stereocenters. The molecule has 0 amide bonds. The fourth-order valence-electron chi connectivity index (χ4n) is 2.48. The first-order valence-corrected chi connectivity index (χ1v) is 7.18. The van der Waals surface area contributed by atoms with Crippen LogP contribution in [0.25, 0.3) is 0 Å². The van der Waals surface area contributed by atoms with Gasteiger partial charge in [-0.1, -0.05) is 13.8 Å². The summed E-state index contributed by atoms with van der Waals surface area (Å²) < 4.78 is 5.21. The molecule has 0 aromatic carbocycles. The highest BCUT2D eigenvalue weighted by Gasteiger charge is 2.21. The number of hydrogen-bond donors (Lipinski definition) is 0. The highest BCUT2D eigenvalue weighted by atomic mass is 16.5. The minimum absolute atomic E-state index is 0.156. The molecule has 0 aliphatic carbocycles. The number of aryl methyl sites for hydroxylation is 1. The summed E-state index contributed by atoms with van der Waals surface area (Å²) in [7, 11) is 1.68. The van der Waals surface area contributed by atoms with Crippen molar-refractivity contribution in [3.63, 3.8) is 0 Å². The van der Waals surface area contributed by atoms with Crippen LogP contribution in [0.2, 0.25) is 0 Å². The molecule has 20 heavy (non-hydrogen) atoms. The van der Waals surface area contributed by atoms with Crippen LogP contribution in [0.4, 0.5) is 5.82 Å². The highest BCUT2D eigenvalue weighted by molar-refractivity contribution is 5.58. The SMILES string of the molecule is CCc1nnc(N(CC)C(C)COC)c(C#N)c1CC. The van der Waals surface area contributed by atoms with Crippen LogP contribution >= 0.6 is 0 Å². The van der Waals surface area contributed by atoms with Gasteiger partial charge in [0.15, 0.2) is 5.82 Å². The maximum absolute atomic E-state index is 9.53. The average Bonchev–Trinajstić information content (AvgIpc) is 2.47. The number of aromatic nitrogens is 2. The number of nitrogens with zero attached hydrogens (tertiary/aromatic N) is 4. The number of rotatable bonds is 7. The van der Waals surface area contributed by atoms with Crippen molar-refractivity contribution >= 4 is 5.82 Å². The van der Waals surface area contributed by atoms with Gasteiger partial charge in [-0.05, 0) is 32.3 Å². The van der Waals surface area contributed by atoms with Gasteiger partial charge in [-0.25, -0.2) is 0 Å². The van der Waals surface area contributed by atoms with Crippen molar-refractivity contribution in [2.45, 2.75) is 46.6 Å². The smallest absolute Gasteiger partial charge is 0.169 e. The van der Waals surface area contributed by atoms with E-state index in [0.717, 1.165) is 30.6 Å². The molecule has 0 fully saturated rings. The first-order chi connectivity index (χ1) is 9.64. The molecular weight excluding hydrogens is 252 g/mol. The monoisotopic (exact) mass is 276 g/mol. The topological polar surface area (TPSA) is 62.0 Å². The zero-order chi connectivity index (χ0) is 15.1. The molecule has 5 nitrogen and oxygen atoms in total. The van der Waals surface area contributed by atoms with Gasteiger partial charge in [0, 0.05) is 13.7 Å². The normalized spacial score (nSPS) is 12.0. The van der Waals surface area contributed by atoms with Crippen molar-refractivity contribution in [1.29, 1.82) is 5.26 Å². The number of ether oxygens (including phenoxy) is 1. The summed E-state index contributed by atoms with van der Waals surface area (Å²) in [6.45, 7) is 9.56. The predicted molar refractivity (Wildman–Crippen MR) is 79.9 cm³/mol. The number of methoxy groups -OCH3 is 1. The van der Waals surface area contributed by atoms with E-state index < -0.39 is 0 Å². The van der Waals surface area contributed by atoms with E-state index in [-0.39, 0.29) is 6.04 Å². The van der Waals surface area contributed by atoms with Crippen LogP contribution in [0.15, 0.2) is 0 Å². The Morgan fingerprint density at radius 2 is 1.95 bits per heavy atom. The lowest BCUT2D eigenvalue weighted by molar-refractivity contribution is 0.181. The Balaban J connectivity index is 3.33. The molecular formula is C15H24N4O. The van der Waals surface area contributed by atoms with E-state index in [1.54, 1.807) is 7.11 Å². The molecule has 0 saturated heterocycles. The maximum Gasteiger partial charge on any atom is 0.169 e. The highest BCUT2D eigenvalue weighted by Crippen LogP contribution is 2.24. The summed E-state index contributed by atoms with van der Waals surface area (Å²) in [5.74, 6) is 0.675. The lowest BCUT2D eigenvalue weighted by Crippen LogP contribution is -2.37. The van der Waals surface area contributed by atoms with E-state index in [2.05, 4.69) is 35.0 Å². The second kappa shape index (κ2) is 7.81. The van der Waals surface area contributed by atoms with Gasteiger partial charge in [-0.2, -0.15) is 10.4 Å². The Morgan fingerprint density at radius 3 is 2.40 bits per heavy atom. The lowest BCUT2D eigenvalue weighted by Gasteiger charge is -2.29. The Kier molecular flexibility index (Phi) is 6.40. The van der Waals surface area contributed by atoms with Gasteiger partial charge in [0.05, 0.1) is 18.3 Å². The average molecular weight is 276 g/mol. The van der Waals surface area contributed by atoms with Crippen LogP contribution in [-0.4, -0.2) is 36.5 Å². The van der Waals surface area contributed by atoms with Gasteiger partial charge in [-0.3, -0.25) is 0 Å². The summed E-state index contributed by atoms with van der Waals surface area (Å²) in [5, 5.41) is 18.1. The Morgan fingerprint density at radius 1 is 1.25 bits per heavy atom. The number of likely N-dealkylation sites (N-methyl/N-ethyl adjacent to an activating group) is 1. The fraction of sp³-hybridized carbons (Fsp3) is 0.667. The second-order valence-electron chi connectivity index (χ2n) is 4.73. The Bertz CT molecular complexity index is 481. The van der Waals surface area contributed by atoms with E-state index in [0.29, 0.717) is 18.0 Å². The third-order valence-electron chi connectivity index (χ3n) is 3.49. The zero-order valence-corrected chi connectivity index (χ0v) is 13.1. The van der Waals surface area contributed by atoms with Gasteiger partial charge >= 0.3 is 0 Å². The summed E-state index contributed by atoms with van der Waals surface area (Å²) in [5.41, 5.74) is 2.59. The lowest BCUT2D eigenvalue weighted by atomic mass is 10.0. The molecule has 0 spiro atoms. The van der Waals surface area contributed by atoms with Crippen LogP contribution in [0.5, 0.6) is 0 Å². The molecule has 0 bridgehead atoms. The zero-order valence-electron chi connectivity index (χ0n) is 13.1. The van der Waals surface area contributed by atoms with Crippen LogP contribution in [0, 0.1) is 11.3 Å². The van der Waals surface area contributed by atoms with Gasteiger partial charge in [0.2, 0.25) is 0 Å². The molecule has 110 valence electrons. The van der Waals surface area contributed by atoms with Crippen molar-refractivity contribution in [1.82, 2.24) is 10.2 Å². The van der Waals surface area contributed by atoms with Gasteiger partial charge in [0.1, 0.15) is 11.6 Å². The van der Waals surface area contributed by atoms with Gasteiger partial charge < -0.3 is 9.64 Å². The second-order valence-corrected chi connectivity index (χ2v) is 4.73. The minimum Gasteiger partial charge on any atom is -0.383 e. The van der Waals surface area contributed by atoms with Crippen LogP contribution in [-0.2, 0) is 17.6 Å². The molecule has 0 N–H and O–H groups in total. The molecule has 0 aliphatic rings. The van der Waals surface area contributed by atoms with Gasteiger partial charge in [-0.15, -0.1) is 5.10 Å². The largest absolute Gasteiger partial charge is 0.383 e. The molecule has 0 radical (unpaired) electrons. The fourth-order valence-corrected chi connectivity index (χ4v) is 2.48. The molecule has 0 saturated carbocycles. The molecule has 1 heterocycles. The number of anilines is 1. The molecule has 1 rings (SSSR count). The Labute approximate surface area is 121 Å². The molecule has 0 aliphatic heterocycles. The summed E-state index contributed by atoms with van der Waals surface area (Å²) in [4.78, 5) is 2.08. The van der Waals surface area contributed by atoms with E-state index in [4.69, 9.17) is 4.74 Å². The third-order valence-corrected chi connectivity index (χ3v) is 3.49. The van der Waals surface area contributed by atoms with Crippen LogP contribution in [0.1, 0.15) is 44.5 Å². The molecule has 5 heteroatoms. The van der Waals surface area contributed by atoms with Crippen LogP contribution in [0.3, 0.4) is 0 Å². The number of nitriles is 1. The van der Waals surface area contributed by atoms with Crippen molar-refractivity contribution in [2.75, 3.05) is 25.2 Å². The summed E-state index contributed by atoms with van der Waals surface area (Å²) >= 11 is 0. The molecule has 1 aromatic rings. The summed E-state index contributed by atoms with van der Waals surface area (Å²) in [6.07, 6.45) is 1.59. The van der Waals surface area contributed by atoms with E-state index in [9.17, 15) is 5.26 Å². The third kappa shape index (κ3) is 3.26. The van der Waals surface area contributed by atoms with Crippen LogP contribution < -0.4 is 4.90 Å². The van der Waals surface area contributed by atoms with Crippen molar-refractivity contribution in [3.05, 3.63) is 16.8 Å². The maximum atomic E-state index is 9.53. The molecule has 1 aromatic heterocycles. The Hall–Kier alpha value is -1.67. The van der Waals surface area contributed by atoms with E-state index in [1.165, 1.54) is 0 Å². The van der Waals surface area contributed by atoms with Crippen molar-refractivity contribution < 1.29 is 4.74 Å². The first kappa shape index (κ1) is 16.4. The number of hydrogen-bond acceptors (Lipinski definition) is 5. The van der Waals surface area contributed by atoms with Crippen molar-refractivity contribution in [3.8, 4) is 6.07 Å². The minimum atomic E-state index is 0.156.